The van der Waals surface area contributed by atoms with Gasteiger partial charge in [0.1, 0.15) is 6.10 Å². The SMILES string of the molecule is CCCC(OC1CCCCC1)C(O)C(C)O. The fourth-order valence-electron chi connectivity index (χ4n) is 2.36. The van der Waals surface area contributed by atoms with E-state index in [4.69, 9.17) is 4.74 Å². The van der Waals surface area contributed by atoms with Gasteiger partial charge in [-0.05, 0) is 26.2 Å². The highest BCUT2D eigenvalue weighted by Crippen LogP contribution is 2.24. The minimum atomic E-state index is -0.748. The Bertz CT molecular complexity index is 176. The Kier molecular flexibility index (Phi) is 6.32. The summed E-state index contributed by atoms with van der Waals surface area (Å²) in [6.07, 6.45) is 6.40. The Morgan fingerprint density at radius 1 is 1.19 bits per heavy atom. The average molecular weight is 230 g/mol. The van der Waals surface area contributed by atoms with Gasteiger partial charge in [-0.1, -0.05) is 32.6 Å². The molecular formula is C13H26O3. The van der Waals surface area contributed by atoms with Gasteiger partial charge < -0.3 is 14.9 Å². The number of aliphatic hydroxyl groups is 2. The molecule has 1 saturated carbocycles. The van der Waals surface area contributed by atoms with Crippen molar-refractivity contribution >= 4 is 0 Å². The van der Waals surface area contributed by atoms with Crippen molar-refractivity contribution in [3.63, 3.8) is 0 Å². The highest BCUT2D eigenvalue weighted by molar-refractivity contribution is 4.76. The Labute approximate surface area is 98.8 Å². The second-order valence-electron chi connectivity index (χ2n) is 4.95. The normalized spacial score (nSPS) is 24.0. The summed E-state index contributed by atoms with van der Waals surface area (Å²) in [5.74, 6) is 0. The van der Waals surface area contributed by atoms with Crippen molar-refractivity contribution in [3.05, 3.63) is 0 Å². The largest absolute Gasteiger partial charge is 0.391 e. The zero-order valence-electron chi connectivity index (χ0n) is 10.6. The molecule has 1 fully saturated rings. The molecule has 16 heavy (non-hydrogen) atoms. The van der Waals surface area contributed by atoms with Crippen molar-refractivity contribution in [1.29, 1.82) is 0 Å². The van der Waals surface area contributed by atoms with E-state index in [1.165, 1.54) is 19.3 Å². The molecule has 0 aromatic rings. The van der Waals surface area contributed by atoms with Crippen molar-refractivity contribution in [2.45, 2.75) is 83.2 Å². The Balaban J connectivity index is 2.42. The van der Waals surface area contributed by atoms with Crippen LogP contribution in [0.15, 0.2) is 0 Å². The van der Waals surface area contributed by atoms with E-state index in [1.807, 2.05) is 0 Å². The Hall–Kier alpha value is -0.120. The van der Waals surface area contributed by atoms with Gasteiger partial charge >= 0.3 is 0 Å². The van der Waals surface area contributed by atoms with Crippen LogP contribution in [0.3, 0.4) is 0 Å². The van der Waals surface area contributed by atoms with Crippen LogP contribution in [-0.4, -0.2) is 34.6 Å². The van der Waals surface area contributed by atoms with E-state index in [1.54, 1.807) is 6.92 Å². The van der Waals surface area contributed by atoms with Crippen molar-refractivity contribution in [1.82, 2.24) is 0 Å². The first-order valence-electron chi connectivity index (χ1n) is 6.66. The first kappa shape index (κ1) is 13.9. The number of hydrogen-bond donors (Lipinski definition) is 2. The van der Waals surface area contributed by atoms with E-state index in [0.29, 0.717) is 6.10 Å². The van der Waals surface area contributed by atoms with Gasteiger partial charge in [0.2, 0.25) is 0 Å². The van der Waals surface area contributed by atoms with Crippen molar-refractivity contribution in [2.75, 3.05) is 0 Å². The molecule has 0 spiro atoms. The third-order valence-corrected chi connectivity index (χ3v) is 3.37. The van der Waals surface area contributed by atoms with E-state index in [2.05, 4.69) is 6.92 Å². The summed E-state index contributed by atoms with van der Waals surface area (Å²) in [4.78, 5) is 0. The Morgan fingerprint density at radius 3 is 2.31 bits per heavy atom. The highest BCUT2D eigenvalue weighted by atomic mass is 16.5. The fraction of sp³-hybridized carbons (Fsp3) is 1.00. The zero-order chi connectivity index (χ0) is 12.0. The minimum absolute atomic E-state index is 0.201. The van der Waals surface area contributed by atoms with Crippen LogP contribution in [0.5, 0.6) is 0 Å². The summed E-state index contributed by atoms with van der Waals surface area (Å²) in [5.41, 5.74) is 0. The summed E-state index contributed by atoms with van der Waals surface area (Å²) in [6.45, 7) is 3.70. The smallest absolute Gasteiger partial charge is 0.106 e. The lowest BCUT2D eigenvalue weighted by molar-refractivity contribution is -0.120. The molecule has 0 heterocycles. The topological polar surface area (TPSA) is 49.7 Å². The summed E-state index contributed by atoms with van der Waals surface area (Å²) < 4.78 is 5.94. The molecule has 1 aliphatic carbocycles. The van der Waals surface area contributed by atoms with Gasteiger partial charge in [0.25, 0.3) is 0 Å². The van der Waals surface area contributed by atoms with Crippen LogP contribution in [-0.2, 0) is 4.74 Å². The molecule has 3 heteroatoms. The van der Waals surface area contributed by atoms with Gasteiger partial charge in [-0.15, -0.1) is 0 Å². The molecule has 1 aliphatic rings. The Morgan fingerprint density at radius 2 is 1.81 bits per heavy atom. The molecule has 1 rings (SSSR count). The molecule has 0 bridgehead atoms. The molecule has 2 N–H and O–H groups in total. The predicted molar refractivity (Wildman–Crippen MR) is 64.3 cm³/mol. The maximum absolute atomic E-state index is 9.87. The van der Waals surface area contributed by atoms with Crippen LogP contribution in [0.2, 0.25) is 0 Å². The molecule has 0 aromatic heterocycles. The highest BCUT2D eigenvalue weighted by Gasteiger charge is 2.27. The van der Waals surface area contributed by atoms with Crippen LogP contribution in [0, 0.1) is 0 Å². The van der Waals surface area contributed by atoms with Crippen LogP contribution in [0.25, 0.3) is 0 Å². The van der Waals surface area contributed by atoms with Crippen LogP contribution in [0.1, 0.15) is 58.8 Å². The number of rotatable bonds is 6. The van der Waals surface area contributed by atoms with Gasteiger partial charge in [0.15, 0.2) is 0 Å². The molecule has 0 radical (unpaired) electrons. The van der Waals surface area contributed by atoms with Gasteiger partial charge in [0.05, 0.1) is 18.3 Å². The van der Waals surface area contributed by atoms with Gasteiger partial charge in [0, 0.05) is 0 Å². The standard InChI is InChI=1S/C13H26O3/c1-3-7-12(13(15)10(2)14)16-11-8-5-4-6-9-11/h10-15H,3-9H2,1-2H3. The van der Waals surface area contributed by atoms with E-state index in [0.717, 1.165) is 25.7 Å². The van der Waals surface area contributed by atoms with E-state index >= 15 is 0 Å². The quantitative estimate of drug-likeness (QED) is 0.736. The van der Waals surface area contributed by atoms with E-state index in [9.17, 15) is 10.2 Å². The monoisotopic (exact) mass is 230 g/mol. The summed E-state index contributed by atoms with van der Waals surface area (Å²) in [7, 11) is 0. The van der Waals surface area contributed by atoms with Crippen LogP contribution >= 0.6 is 0 Å². The first-order chi connectivity index (χ1) is 7.65. The third kappa shape index (κ3) is 4.40. The molecule has 3 unspecified atom stereocenters. The lowest BCUT2D eigenvalue weighted by Crippen LogP contribution is -2.40. The first-order valence-corrected chi connectivity index (χ1v) is 6.66. The molecule has 0 aliphatic heterocycles. The second kappa shape index (κ2) is 7.25. The summed E-state index contributed by atoms with van der Waals surface area (Å²) >= 11 is 0. The molecule has 3 nitrogen and oxygen atoms in total. The molecule has 96 valence electrons. The van der Waals surface area contributed by atoms with Crippen molar-refractivity contribution in [3.8, 4) is 0 Å². The van der Waals surface area contributed by atoms with E-state index in [-0.39, 0.29) is 6.10 Å². The third-order valence-electron chi connectivity index (χ3n) is 3.37. The lowest BCUT2D eigenvalue weighted by atomic mass is 9.96. The molecule has 3 atom stereocenters. The molecule has 0 amide bonds. The number of ether oxygens (including phenoxy) is 1. The number of hydrogen-bond acceptors (Lipinski definition) is 3. The van der Waals surface area contributed by atoms with Crippen LogP contribution < -0.4 is 0 Å². The van der Waals surface area contributed by atoms with Gasteiger partial charge in [-0.25, -0.2) is 0 Å². The maximum atomic E-state index is 9.87. The van der Waals surface area contributed by atoms with E-state index < -0.39 is 12.2 Å². The predicted octanol–water partition coefficient (Wildman–Crippen LogP) is 2.25. The average Bonchev–Trinajstić information content (AvgIpc) is 2.29. The summed E-state index contributed by atoms with van der Waals surface area (Å²) in [5, 5.41) is 19.3. The maximum Gasteiger partial charge on any atom is 0.106 e. The fourth-order valence-corrected chi connectivity index (χ4v) is 2.36. The minimum Gasteiger partial charge on any atom is -0.391 e. The summed E-state index contributed by atoms with van der Waals surface area (Å²) in [6, 6.07) is 0. The van der Waals surface area contributed by atoms with Gasteiger partial charge in [-0.2, -0.15) is 0 Å². The molecule has 0 saturated heterocycles. The van der Waals surface area contributed by atoms with Crippen molar-refractivity contribution in [2.24, 2.45) is 0 Å². The van der Waals surface area contributed by atoms with Crippen LogP contribution in [0.4, 0.5) is 0 Å². The number of aliphatic hydroxyl groups excluding tert-OH is 2. The lowest BCUT2D eigenvalue weighted by Gasteiger charge is -2.31. The van der Waals surface area contributed by atoms with Gasteiger partial charge in [-0.3, -0.25) is 0 Å². The second-order valence-corrected chi connectivity index (χ2v) is 4.95. The molecular weight excluding hydrogens is 204 g/mol. The molecule has 0 aromatic carbocycles. The van der Waals surface area contributed by atoms with Crippen molar-refractivity contribution < 1.29 is 14.9 Å². The zero-order valence-corrected chi connectivity index (χ0v) is 10.6.